The lowest BCUT2D eigenvalue weighted by molar-refractivity contribution is -0.128. The Balaban J connectivity index is 1.56. The van der Waals surface area contributed by atoms with Crippen molar-refractivity contribution < 1.29 is 14.4 Å². The zero-order chi connectivity index (χ0) is 26.7. The number of hydrogen-bond acceptors (Lipinski definition) is 4. The molecule has 1 saturated heterocycles. The van der Waals surface area contributed by atoms with Crippen LogP contribution in [0.1, 0.15) is 67.9 Å². The van der Waals surface area contributed by atoms with E-state index in [1.165, 1.54) is 9.80 Å². The van der Waals surface area contributed by atoms with Crippen LogP contribution in [-0.2, 0) is 10.2 Å². The second-order valence-electron chi connectivity index (χ2n) is 11.3. The smallest absolute Gasteiger partial charge is 0.323 e. The molecule has 1 heterocycles. The molecule has 1 atom stereocenters. The van der Waals surface area contributed by atoms with Gasteiger partial charge in [-0.15, -0.1) is 0 Å². The summed E-state index contributed by atoms with van der Waals surface area (Å²) in [7, 11) is 0. The van der Waals surface area contributed by atoms with Crippen LogP contribution in [-0.4, -0.2) is 59.0 Å². The zero-order valence-corrected chi connectivity index (χ0v) is 22.3. The van der Waals surface area contributed by atoms with Crippen molar-refractivity contribution in [1.29, 1.82) is 0 Å². The van der Waals surface area contributed by atoms with Crippen LogP contribution in [0.2, 0.25) is 0 Å². The number of nitrogens with zero attached hydrogens (tertiary/aromatic N) is 2. The van der Waals surface area contributed by atoms with Crippen LogP contribution in [0.25, 0.3) is 0 Å². The minimum absolute atomic E-state index is 0.0161. The van der Waals surface area contributed by atoms with Crippen molar-refractivity contribution >= 4 is 23.5 Å². The number of benzene rings is 2. The Morgan fingerprint density at radius 1 is 0.919 bits per heavy atom. The highest BCUT2D eigenvalue weighted by atomic mass is 16.2. The lowest BCUT2D eigenvalue weighted by Crippen LogP contribution is -2.56. The molecule has 0 bridgehead atoms. The maximum Gasteiger partial charge on any atom is 0.323 e. The van der Waals surface area contributed by atoms with Crippen LogP contribution in [0.5, 0.6) is 0 Å². The summed E-state index contributed by atoms with van der Waals surface area (Å²) in [6.07, 6.45) is 2.23. The summed E-state index contributed by atoms with van der Waals surface area (Å²) in [5, 5.41) is 5.99. The third kappa shape index (κ3) is 6.31. The van der Waals surface area contributed by atoms with E-state index in [2.05, 4.69) is 31.4 Å². The summed E-state index contributed by atoms with van der Waals surface area (Å²) in [6.45, 7) is 8.84. The maximum atomic E-state index is 13.6. The van der Waals surface area contributed by atoms with Gasteiger partial charge in [0.15, 0.2) is 6.17 Å². The van der Waals surface area contributed by atoms with Crippen molar-refractivity contribution in [3.05, 3.63) is 65.2 Å². The van der Waals surface area contributed by atoms with Gasteiger partial charge >= 0.3 is 6.03 Å². The fraction of sp³-hybridized carbons (Fsp3) is 0.483. The molecule has 2 aliphatic rings. The molecule has 0 radical (unpaired) electrons. The third-order valence-electron chi connectivity index (χ3n) is 7.31. The molecule has 2 fully saturated rings. The highest BCUT2D eigenvalue weighted by Gasteiger charge is 2.43. The number of aryl methyl sites for hydroxylation is 1. The van der Waals surface area contributed by atoms with Gasteiger partial charge in [-0.3, -0.25) is 14.5 Å². The monoisotopic (exact) mass is 505 g/mol. The van der Waals surface area contributed by atoms with Crippen LogP contribution in [0, 0.1) is 6.92 Å². The van der Waals surface area contributed by atoms with Crippen molar-refractivity contribution in [2.24, 2.45) is 5.73 Å². The lowest BCUT2D eigenvalue weighted by atomic mass is 9.86. The lowest BCUT2D eigenvalue weighted by Gasteiger charge is -2.33. The van der Waals surface area contributed by atoms with Gasteiger partial charge in [0, 0.05) is 36.4 Å². The van der Waals surface area contributed by atoms with Crippen molar-refractivity contribution in [3.63, 3.8) is 0 Å². The van der Waals surface area contributed by atoms with Crippen LogP contribution >= 0.6 is 0 Å². The molecule has 1 aliphatic carbocycles. The summed E-state index contributed by atoms with van der Waals surface area (Å²) < 4.78 is 0. The average molecular weight is 506 g/mol. The number of carbonyl (C=O) groups is 3. The molecule has 4 N–H and O–H groups in total. The summed E-state index contributed by atoms with van der Waals surface area (Å²) in [4.78, 5) is 43.5. The van der Waals surface area contributed by atoms with E-state index in [4.69, 9.17) is 5.73 Å². The quantitative estimate of drug-likeness (QED) is 0.584. The maximum absolute atomic E-state index is 13.6. The largest absolute Gasteiger partial charge is 0.350 e. The number of anilines is 1. The van der Waals surface area contributed by atoms with Gasteiger partial charge in [0.2, 0.25) is 0 Å². The topological polar surface area (TPSA) is 108 Å². The van der Waals surface area contributed by atoms with E-state index in [1.807, 2.05) is 37.3 Å². The second kappa shape index (κ2) is 10.9. The summed E-state index contributed by atoms with van der Waals surface area (Å²) in [5.74, 6) is -0.603. The van der Waals surface area contributed by atoms with Crippen molar-refractivity contribution in [1.82, 2.24) is 15.1 Å². The number of nitrogens with two attached hydrogens (primary N) is 1. The fourth-order valence-corrected chi connectivity index (χ4v) is 5.07. The van der Waals surface area contributed by atoms with E-state index in [9.17, 15) is 14.4 Å². The highest BCUT2D eigenvalue weighted by Crippen LogP contribution is 2.25. The predicted octanol–water partition coefficient (Wildman–Crippen LogP) is 3.99. The van der Waals surface area contributed by atoms with Crippen LogP contribution in [0.4, 0.5) is 10.5 Å². The Labute approximate surface area is 219 Å². The van der Waals surface area contributed by atoms with Gasteiger partial charge in [0.25, 0.3) is 11.8 Å². The standard InChI is InChI=1S/C29H39N5O3/c1-19-6-5-7-24(18-19)32-28(37)34-17-16-33(26(34)25(35)31-23-14-12-22(30)13-15-23)27(36)20-8-10-21(11-9-20)29(2,3)4/h5-11,18,22-23,26H,12-17,30H2,1-4H3,(H,31,35)(H,32,37). The summed E-state index contributed by atoms with van der Waals surface area (Å²) in [6, 6.07) is 14.7. The third-order valence-corrected chi connectivity index (χ3v) is 7.31. The number of amides is 4. The Morgan fingerprint density at radius 3 is 2.19 bits per heavy atom. The van der Waals surface area contributed by atoms with Crippen molar-refractivity contribution in [3.8, 4) is 0 Å². The van der Waals surface area contributed by atoms with Crippen molar-refractivity contribution in [2.45, 2.75) is 77.0 Å². The van der Waals surface area contributed by atoms with Gasteiger partial charge in [0.1, 0.15) is 0 Å². The molecule has 198 valence electrons. The molecule has 4 amide bonds. The molecular formula is C29H39N5O3. The first kappa shape index (κ1) is 26.7. The molecule has 8 nitrogen and oxygen atoms in total. The van der Waals surface area contributed by atoms with E-state index in [1.54, 1.807) is 18.2 Å². The first-order valence-corrected chi connectivity index (χ1v) is 13.1. The molecule has 37 heavy (non-hydrogen) atoms. The van der Waals surface area contributed by atoms with E-state index in [0.29, 0.717) is 11.3 Å². The SMILES string of the molecule is Cc1cccc(NC(=O)N2CCN(C(=O)c3ccc(C(C)(C)C)cc3)C2C(=O)NC2CCC(N)CC2)c1. The first-order chi connectivity index (χ1) is 17.5. The van der Waals surface area contributed by atoms with E-state index in [-0.39, 0.29) is 42.4 Å². The van der Waals surface area contributed by atoms with E-state index in [0.717, 1.165) is 36.8 Å². The zero-order valence-electron chi connectivity index (χ0n) is 22.3. The number of carbonyl (C=O) groups excluding carboxylic acids is 3. The van der Waals surface area contributed by atoms with Gasteiger partial charge in [-0.05, 0) is 73.4 Å². The van der Waals surface area contributed by atoms with Crippen LogP contribution in [0.15, 0.2) is 48.5 Å². The van der Waals surface area contributed by atoms with Gasteiger partial charge in [-0.2, -0.15) is 0 Å². The van der Waals surface area contributed by atoms with Gasteiger partial charge < -0.3 is 21.3 Å². The van der Waals surface area contributed by atoms with Gasteiger partial charge in [0.05, 0.1) is 0 Å². The minimum Gasteiger partial charge on any atom is -0.350 e. The second-order valence-corrected chi connectivity index (χ2v) is 11.3. The van der Waals surface area contributed by atoms with Crippen molar-refractivity contribution in [2.75, 3.05) is 18.4 Å². The average Bonchev–Trinajstić information content (AvgIpc) is 3.30. The Kier molecular flexibility index (Phi) is 7.87. The Bertz CT molecular complexity index is 1130. The Hall–Kier alpha value is -3.39. The molecule has 4 rings (SSSR count). The molecule has 1 aliphatic heterocycles. The molecule has 0 aromatic heterocycles. The normalized spacial score (nSPS) is 22.0. The van der Waals surface area contributed by atoms with Gasteiger partial charge in [-0.1, -0.05) is 45.0 Å². The number of nitrogens with one attached hydrogen (secondary N) is 2. The first-order valence-electron chi connectivity index (χ1n) is 13.1. The molecule has 2 aromatic carbocycles. The summed E-state index contributed by atoms with van der Waals surface area (Å²) in [5.41, 5.74) is 9.27. The molecule has 8 heteroatoms. The minimum atomic E-state index is -1.03. The van der Waals surface area contributed by atoms with Gasteiger partial charge in [-0.25, -0.2) is 4.79 Å². The number of hydrogen-bond donors (Lipinski definition) is 3. The molecule has 2 aromatic rings. The molecular weight excluding hydrogens is 466 g/mol. The predicted molar refractivity (Wildman–Crippen MR) is 145 cm³/mol. The molecule has 1 unspecified atom stereocenters. The number of urea groups is 1. The molecule has 0 spiro atoms. The Morgan fingerprint density at radius 2 is 1.57 bits per heavy atom. The van der Waals surface area contributed by atoms with E-state index >= 15 is 0 Å². The van der Waals surface area contributed by atoms with Crippen LogP contribution in [0.3, 0.4) is 0 Å². The van der Waals surface area contributed by atoms with E-state index < -0.39 is 12.2 Å². The fourth-order valence-electron chi connectivity index (χ4n) is 5.07. The molecule has 1 saturated carbocycles. The number of rotatable bonds is 4. The summed E-state index contributed by atoms with van der Waals surface area (Å²) >= 11 is 0. The highest BCUT2D eigenvalue weighted by molar-refractivity contribution is 6.00. The van der Waals surface area contributed by atoms with Crippen LogP contribution < -0.4 is 16.4 Å².